The molecule has 3 nitrogen and oxygen atoms in total. The van der Waals surface area contributed by atoms with E-state index in [2.05, 4.69) is 4.98 Å². The number of fused-ring (bicyclic) bond motifs is 1. The number of hydrogen-bond acceptors (Lipinski definition) is 3. The fourth-order valence-corrected chi connectivity index (χ4v) is 2.55. The molecular weight excluding hydrogens is 205 g/mol. The number of hydrogen-bond donors (Lipinski definition) is 0. The molecule has 5 heteroatoms. The van der Waals surface area contributed by atoms with Gasteiger partial charge in [-0.25, -0.2) is 0 Å². The number of rotatable bonds is 1. The Morgan fingerprint density at radius 3 is 3.00 bits per heavy atom. The Labute approximate surface area is 82.2 Å². The number of pyridine rings is 1. The first-order chi connectivity index (χ1) is 6.57. The lowest BCUT2D eigenvalue weighted by molar-refractivity contribution is 0.517. The molecule has 0 fully saturated rings. The van der Waals surface area contributed by atoms with Crippen molar-refractivity contribution in [2.75, 3.05) is 0 Å². The van der Waals surface area contributed by atoms with Crippen LogP contribution in [-0.4, -0.2) is 18.7 Å². The molecule has 1 aliphatic carbocycles. The molecule has 1 atom stereocenters. The first-order valence-electron chi connectivity index (χ1n) is 4.43. The van der Waals surface area contributed by atoms with Gasteiger partial charge in [-0.3, -0.25) is 4.98 Å². The van der Waals surface area contributed by atoms with Crippen LogP contribution >= 0.6 is 0 Å². The van der Waals surface area contributed by atoms with Gasteiger partial charge in [0.05, 0.1) is 5.25 Å². The normalized spacial score (nSPS) is 21.6. The Morgan fingerprint density at radius 1 is 1.50 bits per heavy atom. The molecule has 0 N–H and O–H groups in total. The minimum absolute atomic E-state index is 0.252. The van der Waals surface area contributed by atoms with Crippen molar-refractivity contribution in [2.45, 2.75) is 24.5 Å². The first-order valence-corrected chi connectivity index (χ1v) is 5.88. The molecule has 0 aromatic carbocycles. The molecule has 0 amide bonds. The highest BCUT2D eigenvalue weighted by molar-refractivity contribution is 7.87. The van der Waals surface area contributed by atoms with Crippen molar-refractivity contribution in [3.05, 3.63) is 29.6 Å². The van der Waals surface area contributed by atoms with Crippen molar-refractivity contribution < 1.29 is 12.3 Å². The summed E-state index contributed by atoms with van der Waals surface area (Å²) in [4.78, 5) is 4.12. The van der Waals surface area contributed by atoms with E-state index in [1.54, 1.807) is 18.3 Å². The molecule has 0 aliphatic heterocycles. The zero-order valence-corrected chi connectivity index (χ0v) is 8.30. The van der Waals surface area contributed by atoms with E-state index in [1.165, 1.54) is 0 Å². The average Bonchev–Trinajstić information content (AvgIpc) is 2.16. The van der Waals surface area contributed by atoms with E-state index in [-0.39, 0.29) is 6.42 Å². The maximum Gasteiger partial charge on any atom is 0.305 e. The van der Waals surface area contributed by atoms with Gasteiger partial charge in [0.1, 0.15) is 0 Å². The van der Waals surface area contributed by atoms with E-state index in [0.717, 1.165) is 11.3 Å². The van der Waals surface area contributed by atoms with Crippen molar-refractivity contribution in [2.24, 2.45) is 0 Å². The van der Waals surface area contributed by atoms with Crippen LogP contribution in [0.5, 0.6) is 0 Å². The molecular formula is C9H10FNO2S. The summed E-state index contributed by atoms with van der Waals surface area (Å²) < 4.78 is 34.1. The van der Waals surface area contributed by atoms with Crippen molar-refractivity contribution in [1.29, 1.82) is 0 Å². The summed E-state index contributed by atoms with van der Waals surface area (Å²) >= 11 is 0. The highest BCUT2D eigenvalue weighted by atomic mass is 32.3. The van der Waals surface area contributed by atoms with Crippen molar-refractivity contribution >= 4 is 10.2 Å². The van der Waals surface area contributed by atoms with Gasteiger partial charge in [-0.2, -0.15) is 8.42 Å². The van der Waals surface area contributed by atoms with Crippen LogP contribution in [0.2, 0.25) is 0 Å². The van der Waals surface area contributed by atoms with E-state index in [9.17, 15) is 12.3 Å². The molecule has 14 heavy (non-hydrogen) atoms. The van der Waals surface area contributed by atoms with Gasteiger partial charge >= 0.3 is 10.2 Å². The quantitative estimate of drug-likeness (QED) is 0.662. The van der Waals surface area contributed by atoms with Crippen LogP contribution in [-0.2, 0) is 23.1 Å². The van der Waals surface area contributed by atoms with Crippen LogP contribution in [0.3, 0.4) is 0 Å². The van der Waals surface area contributed by atoms with Gasteiger partial charge in [-0.15, -0.1) is 3.89 Å². The summed E-state index contributed by atoms with van der Waals surface area (Å²) in [6.07, 6.45) is 2.80. The second kappa shape index (κ2) is 3.31. The lowest BCUT2D eigenvalue weighted by Gasteiger charge is -2.20. The molecule has 0 bridgehead atoms. The molecule has 0 spiro atoms. The molecule has 1 aromatic heterocycles. The largest absolute Gasteiger partial charge is 0.305 e. The van der Waals surface area contributed by atoms with E-state index >= 15 is 0 Å². The van der Waals surface area contributed by atoms with Crippen LogP contribution in [0.25, 0.3) is 0 Å². The van der Waals surface area contributed by atoms with E-state index < -0.39 is 15.5 Å². The molecule has 2 rings (SSSR count). The molecule has 1 unspecified atom stereocenters. The number of aryl methyl sites for hydroxylation is 1. The number of halogens is 1. The number of nitrogens with zero attached hydrogens (tertiary/aromatic N) is 1. The van der Waals surface area contributed by atoms with Gasteiger partial charge in [0.15, 0.2) is 0 Å². The summed E-state index contributed by atoms with van der Waals surface area (Å²) in [6, 6.07) is 3.55. The third kappa shape index (κ3) is 1.77. The summed E-state index contributed by atoms with van der Waals surface area (Å²) in [5.74, 6) is 0. The minimum Gasteiger partial charge on any atom is -0.261 e. The van der Waals surface area contributed by atoms with E-state index in [0.29, 0.717) is 12.8 Å². The van der Waals surface area contributed by atoms with Crippen molar-refractivity contribution in [1.82, 2.24) is 4.98 Å². The van der Waals surface area contributed by atoms with Crippen LogP contribution in [0.15, 0.2) is 18.3 Å². The summed E-state index contributed by atoms with van der Waals surface area (Å²) in [5, 5.41) is -0.876. The minimum atomic E-state index is -4.40. The Morgan fingerprint density at radius 2 is 2.29 bits per heavy atom. The van der Waals surface area contributed by atoms with Crippen LogP contribution < -0.4 is 0 Å². The topological polar surface area (TPSA) is 47.0 Å². The second-order valence-electron chi connectivity index (χ2n) is 3.45. The Hall–Kier alpha value is -0.970. The predicted molar refractivity (Wildman–Crippen MR) is 50.1 cm³/mol. The molecule has 1 aromatic rings. The molecule has 76 valence electrons. The lowest BCUT2D eigenvalue weighted by atomic mass is 9.96. The van der Waals surface area contributed by atoms with Crippen LogP contribution in [0.1, 0.15) is 17.7 Å². The molecule has 0 saturated heterocycles. The summed E-state index contributed by atoms with van der Waals surface area (Å²) in [5.41, 5.74) is 1.75. The fourth-order valence-electron chi connectivity index (χ4n) is 1.77. The Bertz CT molecular complexity index is 444. The lowest BCUT2D eigenvalue weighted by Crippen LogP contribution is -2.25. The Kier molecular flexibility index (Phi) is 2.26. The molecule has 1 aliphatic rings. The number of aromatic nitrogens is 1. The Balaban J connectivity index is 2.30. The molecule has 0 radical (unpaired) electrons. The highest BCUT2D eigenvalue weighted by Gasteiger charge is 2.29. The molecule has 1 heterocycles. The predicted octanol–water partition coefficient (Wildman–Crippen LogP) is 1.24. The average molecular weight is 215 g/mol. The maximum atomic E-state index is 12.7. The fraction of sp³-hybridized carbons (Fsp3) is 0.444. The maximum absolute atomic E-state index is 12.7. The monoisotopic (exact) mass is 215 g/mol. The van der Waals surface area contributed by atoms with Gasteiger partial charge in [0, 0.05) is 11.9 Å². The van der Waals surface area contributed by atoms with Crippen molar-refractivity contribution in [3.8, 4) is 0 Å². The molecule has 0 saturated carbocycles. The van der Waals surface area contributed by atoms with E-state index in [1.807, 2.05) is 0 Å². The van der Waals surface area contributed by atoms with Gasteiger partial charge < -0.3 is 0 Å². The van der Waals surface area contributed by atoms with Crippen LogP contribution in [0.4, 0.5) is 3.89 Å². The zero-order chi connectivity index (χ0) is 10.2. The van der Waals surface area contributed by atoms with Gasteiger partial charge in [-0.05, 0) is 30.9 Å². The smallest absolute Gasteiger partial charge is 0.261 e. The van der Waals surface area contributed by atoms with Gasteiger partial charge in [0.2, 0.25) is 0 Å². The van der Waals surface area contributed by atoms with Gasteiger partial charge in [0.25, 0.3) is 0 Å². The standard InChI is InChI=1S/C9H10FNO2S/c10-14(12,13)8-3-4-9-7(6-8)2-1-5-11-9/h1-2,5,8H,3-4,6H2. The first kappa shape index (κ1) is 9.58. The second-order valence-corrected chi connectivity index (χ2v) is 5.07. The third-order valence-electron chi connectivity index (χ3n) is 2.53. The van der Waals surface area contributed by atoms with Crippen molar-refractivity contribution in [3.63, 3.8) is 0 Å². The van der Waals surface area contributed by atoms with Crippen LogP contribution in [0, 0.1) is 0 Å². The zero-order valence-electron chi connectivity index (χ0n) is 7.48. The third-order valence-corrected chi connectivity index (χ3v) is 3.73. The van der Waals surface area contributed by atoms with E-state index in [4.69, 9.17) is 0 Å². The summed E-state index contributed by atoms with van der Waals surface area (Å²) in [7, 11) is -4.40. The highest BCUT2D eigenvalue weighted by Crippen LogP contribution is 2.24. The van der Waals surface area contributed by atoms with Gasteiger partial charge in [-0.1, -0.05) is 6.07 Å². The summed E-state index contributed by atoms with van der Waals surface area (Å²) in [6.45, 7) is 0. The SMILES string of the molecule is O=S(=O)(F)C1CCc2ncccc2C1.